The molecule has 6 heteroatoms. The van der Waals surface area contributed by atoms with Gasteiger partial charge in [-0.05, 0) is 43.4 Å². The zero-order valence-corrected chi connectivity index (χ0v) is 17.7. The molecule has 3 aromatic rings. The molecule has 0 spiro atoms. The lowest BCUT2D eigenvalue weighted by Crippen LogP contribution is -2.49. The van der Waals surface area contributed by atoms with Crippen molar-refractivity contribution >= 4 is 0 Å². The molecule has 3 atom stereocenters. The minimum Gasteiger partial charge on any atom is -0.474 e. The normalized spacial score (nSPS) is 22.5. The van der Waals surface area contributed by atoms with E-state index < -0.39 is 0 Å². The number of nitrogens with zero attached hydrogens (tertiary/aromatic N) is 1. The Morgan fingerprint density at radius 3 is 1.61 bits per heavy atom. The molecule has 1 aliphatic rings. The molecule has 0 radical (unpaired) electrons. The van der Waals surface area contributed by atoms with Crippen LogP contribution in [0.25, 0.3) is 0 Å². The highest BCUT2D eigenvalue weighted by Crippen LogP contribution is 2.16. The van der Waals surface area contributed by atoms with Crippen molar-refractivity contribution in [2.75, 3.05) is 26.7 Å². The summed E-state index contributed by atoms with van der Waals surface area (Å²) in [5.74, 6) is 2.46. The molecule has 1 aliphatic heterocycles. The Morgan fingerprint density at radius 1 is 0.613 bits per heavy atom. The first-order chi connectivity index (χ1) is 15.3. The summed E-state index contributed by atoms with van der Waals surface area (Å²) in [5, 5.41) is 6.98. The third-order valence-electron chi connectivity index (χ3n) is 5.05. The number of hydrogen-bond donors (Lipinski definition) is 2. The van der Waals surface area contributed by atoms with Gasteiger partial charge in [-0.2, -0.15) is 0 Å². The van der Waals surface area contributed by atoms with E-state index in [-0.39, 0.29) is 18.7 Å². The predicted octanol–water partition coefficient (Wildman–Crippen LogP) is 3.33. The summed E-state index contributed by atoms with van der Waals surface area (Å²) in [4.78, 5) is 2.14. The van der Waals surface area contributed by atoms with Crippen molar-refractivity contribution in [1.29, 1.82) is 0 Å². The van der Waals surface area contributed by atoms with Crippen molar-refractivity contribution < 1.29 is 14.2 Å². The number of nitrogens with one attached hydrogen (secondary N) is 2. The summed E-state index contributed by atoms with van der Waals surface area (Å²) < 4.78 is 18.7. The molecule has 1 fully saturated rings. The first-order valence-electron chi connectivity index (χ1n) is 10.6. The van der Waals surface area contributed by atoms with E-state index in [9.17, 15) is 0 Å². The number of para-hydroxylation sites is 3. The summed E-state index contributed by atoms with van der Waals surface area (Å²) in [5.41, 5.74) is 0. The zero-order valence-electron chi connectivity index (χ0n) is 17.7. The largest absolute Gasteiger partial charge is 0.474 e. The number of rotatable bonds is 6. The average Bonchev–Trinajstić information content (AvgIpc) is 2.87. The highest BCUT2D eigenvalue weighted by Gasteiger charge is 2.26. The van der Waals surface area contributed by atoms with E-state index in [0.717, 1.165) is 17.2 Å². The quantitative estimate of drug-likeness (QED) is 0.639. The fourth-order valence-corrected chi connectivity index (χ4v) is 3.42. The van der Waals surface area contributed by atoms with Crippen LogP contribution in [0.2, 0.25) is 0 Å². The van der Waals surface area contributed by atoms with Crippen LogP contribution >= 0.6 is 0 Å². The standard InChI is InChI=1S/C25H29N3O3/c1-28-19-24(30-21-13-7-3-8-14-21)26-17-23(29-20-11-5-2-6-12-20)27-18-25(28)31-22-15-9-4-10-16-22/h2-16,23-27H,17-19H2,1H3. The van der Waals surface area contributed by atoms with Gasteiger partial charge in [-0.25, -0.2) is 0 Å². The second kappa shape index (κ2) is 10.8. The third-order valence-corrected chi connectivity index (χ3v) is 5.05. The topological polar surface area (TPSA) is 55.0 Å². The van der Waals surface area contributed by atoms with Gasteiger partial charge in [0.05, 0.1) is 6.54 Å². The molecule has 3 aromatic carbocycles. The first-order valence-corrected chi connectivity index (χ1v) is 10.6. The Hall–Kier alpha value is -3.06. The summed E-state index contributed by atoms with van der Waals surface area (Å²) in [6, 6.07) is 29.5. The maximum atomic E-state index is 6.28. The minimum absolute atomic E-state index is 0.189. The van der Waals surface area contributed by atoms with Gasteiger partial charge in [0.2, 0.25) is 0 Å². The molecule has 3 unspecified atom stereocenters. The lowest BCUT2D eigenvalue weighted by Gasteiger charge is -2.30. The first kappa shape index (κ1) is 21.2. The molecule has 162 valence electrons. The maximum absolute atomic E-state index is 6.28. The number of ether oxygens (including phenoxy) is 3. The summed E-state index contributed by atoms with van der Waals surface area (Å²) >= 11 is 0. The van der Waals surface area contributed by atoms with E-state index in [1.54, 1.807) is 0 Å². The van der Waals surface area contributed by atoms with Crippen LogP contribution in [0.3, 0.4) is 0 Å². The van der Waals surface area contributed by atoms with Gasteiger partial charge < -0.3 is 14.2 Å². The van der Waals surface area contributed by atoms with Crippen LogP contribution in [0.15, 0.2) is 91.0 Å². The minimum atomic E-state index is -0.238. The summed E-state index contributed by atoms with van der Waals surface area (Å²) in [7, 11) is 2.04. The predicted molar refractivity (Wildman–Crippen MR) is 121 cm³/mol. The van der Waals surface area contributed by atoms with Gasteiger partial charge >= 0.3 is 0 Å². The Labute approximate surface area is 183 Å². The van der Waals surface area contributed by atoms with Crippen LogP contribution in [0, 0.1) is 0 Å². The van der Waals surface area contributed by atoms with E-state index in [1.807, 2.05) is 98.0 Å². The Kier molecular flexibility index (Phi) is 7.39. The highest BCUT2D eigenvalue weighted by molar-refractivity contribution is 5.23. The van der Waals surface area contributed by atoms with Crippen LogP contribution < -0.4 is 24.8 Å². The van der Waals surface area contributed by atoms with E-state index in [0.29, 0.717) is 19.6 Å². The highest BCUT2D eigenvalue weighted by atomic mass is 16.5. The number of benzene rings is 3. The van der Waals surface area contributed by atoms with Crippen molar-refractivity contribution in [3.05, 3.63) is 91.0 Å². The van der Waals surface area contributed by atoms with Gasteiger partial charge in [0.25, 0.3) is 0 Å². The molecule has 0 bridgehead atoms. The van der Waals surface area contributed by atoms with E-state index in [2.05, 4.69) is 15.5 Å². The third kappa shape index (κ3) is 6.46. The smallest absolute Gasteiger partial charge is 0.165 e. The second-order valence-electron chi connectivity index (χ2n) is 7.48. The molecule has 6 nitrogen and oxygen atoms in total. The maximum Gasteiger partial charge on any atom is 0.165 e. The Morgan fingerprint density at radius 2 is 1.06 bits per heavy atom. The van der Waals surface area contributed by atoms with Gasteiger partial charge in [-0.1, -0.05) is 54.6 Å². The summed E-state index contributed by atoms with van der Waals surface area (Å²) in [6.45, 7) is 1.83. The van der Waals surface area contributed by atoms with Crippen LogP contribution in [0.5, 0.6) is 17.2 Å². The lowest BCUT2D eigenvalue weighted by molar-refractivity contribution is 0.0150. The van der Waals surface area contributed by atoms with Gasteiger partial charge in [0.15, 0.2) is 18.7 Å². The van der Waals surface area contributed by atoms with E-state index in [4.69, 9.17) is 14.2 Å². The van der Waals surface area contributed by atoms with Gasteiger partial charge in [-0.3, -0.25) is 15.5 Å². The molecule has 0 aromatic heterocycles. The molecule has 1 saturated heterocycles. The molecule has 1 heterocycles. The van der Waals surface area contributed by atoms with Crippen molar-refractivity contribution in [3.8, 4) is 17.2 Å². The van der Waals surface area contributed by atoms with Crippen molar-refractivity contribution in [2.24, 2.45) is 0 Å². The number of hydrogen-bond acceptors (Lipinski definition) is 6. The fraction of sp³-hybridized carbons (Fsp3) is 0.280. The second-order valence-corrected chi connectivity index (χ2v) is 7.48. The number of likely N-dealkylation sites (N-methyl/N-ethyl adjacent to an activating group) is 1. The van der Waals surface area contributed by atoms with E-state index in [1.165, 1.54) is 0 Å². The fourth-order valence-electron chi connectivity index (χ4n) is 3.42. The summed E-state index contributed by atoms with van der Waals surface area (Å²) in [6.07, 6.45) is -0.653. The molecule has 31 heavy (non-hydrogen) atoms. The SMILES string of the molecule is CN1CC(Oc2ccccc2)NCC(Oc2ccccc2)NCC1Oc1ccccc1. The Balaban J connectivity index is 1.50. The van der Waals surface area contributed by atoms with Crippen LogP contribution in [0.1, 0.15) is 0 Å². The average molecular weight is 420 g/mol. The van der Waals surface area contributed by atoms with Gasteiger partial charge in [-0.15, -0.1) is 0 Å². The van der Waals surface area contributed by atoms with Crippen LogP contribution in [-0.2, 0) is 0 Å². The van der Waals surface area contributed by atoms with Gasteiger partial charge in [0.1, 0.15) is 17.2 Å². The van der Waals surface area contributed by atoms with Crippen LogP contribution in [0.4, 0.5) is 0 Å². The molecule has 4 rings (SSSR count). The molecular weight excluding hydrogens is 390 g/mol. The molecular formula is C25H29N3O3. The molecule has 2 N–H and O–H groups in total. The molecule has 0 amide bonds. The van der Waals surface area contributed by atoms with Crippen molar-refractivity contribution in [3.63, 3.8) is 0 Å². The van der Waals surface area contributed by atoms with Crippen molar-refractivity contribution in [2.45, 2.75) is 18.7 Å². The van der Waals surface area contributed by atoms with Gasteiger partial charge in [0, 0.05) is 13.1 Å². The zero-order chi connectivity index (χ0) is 21.3. The molecule has 0 aliphatic carbocycles. The van der Waals surface area contributed by atoms with E-state index >= 15 is 0 Å². The van der Waals surface area contributed by atoms with Crippen molar-refractivity contribution in [1.82, 2.24) is 15.5 Å². The monoisotopic (exact) mass is 419 g/mol. The lowest BCUT2D eigenvalue weighted by atomic mass is 10.3. The molecule has 0 saturated carbocycles. The Bertz CT molecular complexity index is 896. The van der Waals surface area contributed by atoms with Crippen LogP contribution in [-0.4, -0.2) is 50.3 Å².